The van der Waals surface area contributed by atoms with Gasteiger partial charge < -0.3 is 49.9 Å². The number of aromatic amines is 2. The van der Waals surface area contributed by atoms with E-state index in [0.717, 1.165) is 64.4 Å². The van der Waals surface area contributed by atoms with Crippen LogP contribution in [0.5, 0.6) is 0 Å². The van der Waals surface area contributed by atoms with Gasteiger partial charge in [0, 0.05) is 68.5 Å². The number of aromatic nitrogens is 8. The molecule has 6 aromatic heterocycles. The molecule has 280 valence electrons. The number of Topliss-reactive ketones (excluding diaryl/α,β-unsaturated/α-hetero) is 1. The van der Waals surface area contributed by atoms with Crippen molar-refractivity contribution < 1.29 is 34.0 Å². The molecule has 0 bridgehead atoms. The highest BCUT2D eigenvalue weighted by Crippen LogP contribution is 2.31. The van der Waals surface area contributed by atoms with Crippen molar-refractivity contribution in [2.45, 2.75) is 65.1 Å². The molecule has 2 unspecified atom stereocenters. The monoisotopic (exact) mass is 729 g/mol. The van der Waals surface area contributed by atoms with Crippen LogP contribution in [-0.2, 0) is 25.9 Å². The van der Waals surface area contributed by atoms with Gasteiger partial charge in [-0.2, -0.15) is 0 Å². The molecule has 8 rings (SSSR count). The molecule has 0 fully saturated rings. The van der Waals surface area contributed by atoms with Crippen LogP contribution >= 0.6 is 0 Å². The Balaban J connectivity index is 0.000000160. The minimum Gasteiger partial charge on any atom is -0.476 e. The van der Waals surface area contributed by atoms with Gasteiger partial charge in [0.05, 0.1) is 30.5 Å². The van der Waals surface area contributed by atoms with Crippen LogP contribution in [0.15, 0.2) is 46.2 Å². The summed E-state index contributed by atoms with van der Waals surface area (Å²) in [7, 11) is 0. The Bertz CT molecular complexity index is 2150. The first-order chi connectivity index (χ1) is 25.8. The molecule has 2 atom stereocenters. The number of nitrogens with zero attached hydrogens (tertiary/aromatic N) is 8. The average molecular weight is 730 g/mol. The summed E-state index contributed by atoms with van der Waals surface area (Å²) >= 11 is 0. The van der Waals surface area contributed by atoms with Crippen molar-refractivity contribution in [3.8, 4) is 0 Å². The highest BCUT2D eigenvalue weighted by atomic mass is 16.5. The number of hydrogen-bond acceptors (Lipinski definition) is 15. The smallest absolute Gasteiger partial charge is 0.358 e. The van der Waals surface area contributed by atoms with Gasteiger partial charge in [-0.05, 0) is 24.5 Å². The van der Waals surface area contributed by atoms with Crippen molar-refractivity contribution in [1.29, 1.82) is 0 Å². The molecule has 0 aromatic carbocycles. The number of nitrogens with one attached hydrogen (secondary N) is 2. The number of carbonyl (C=O) groups is 2. The topological polar surface area (TPSA) is 263 Å². The maximum Gasteiger partial charge on any atom is 0.358 e. The third-order valence-corrected chi connectivity index (χ3v) is 9.45. The molecule has 0 saturated carbocycles. The van der Waals surface area contributed by atoms with Crippen LogP contribution in [0.25, 0.3) is 22.1 Å². The van der Waals surface area contributed by atoms with Crippen molar-refractivity contribution in [3.05, 3.63) is 71.2 Å². The van der Waals surface area contributed by atoms with E-state index in [1.165, 1.54) is 12.7 Å². The van der Waals surface area contributed by atoms with Crippen LogP contribution in [0.1, 0.15) is 76.7 Å². The Morgan fingerprint density at radius 3 is 1.79 bits per heavy atom. The highest BCUT2D eigenvalue weighted by molar-refractivity contribution is 5.96. The number of aromatic carboxylic acids is 1. The van der Waals surface area contributed by atoms with Crippen LogP contribution < -0.4 is 15.5 Å². The van der Waals surface area contributed by atoms with Crippen LogP contribution in [0, 0.1) is 5.92 Å². The minimum absolute atomic E-state index is 0.000807. The van der Waals surface area contributed by atoms with Crippen molar-refractivity contribution in [2.75, 3.05) is 36.1 Å². The number of hydrogen-bond donors (Lipinski definition) is 6. The molecule has 6 aromatic rings. The van der Waals surface area contributed by atoms with Gasteiger partial charge in [-0.25, -0.2) is 24.7 Å². The summed E-state index contributed by atoms with van der Waals surface area (Å²) in [5, 5.41) is 36.3. The lowest BCUT2D eigenvalue weighted by Gasteiger charge is -2.27. The first-order valence-corrected chi connectivity index (χ1v) is 17.5. The SMILES string of the molecule is CCC(CO)CC(=O)c1noc2c1CN(c1ncnc3[nH]ccc13)CC2.CCC(N)CO.O=C(O)c1noc2c1CN(c1ncnc3[nH]ccc13)CC2. The van der Waals surface area contributed by atoms with Gasteiger partial charge in [0.25, 0.3) is 0 Å². The number of fused-ring (bicyclic) bond motifs is 4. The summed E-state index contributed by atoms with van der Waals surface area (Å²) in [5.74, 6) is 1.83. The lowest BCUT2D eigenvalue weighted by molar-refractivity contribution is 0.0684. The second-order valence-corrected chi connectivity index (χ2v) is 12.8. The Kier molecular flexibility index (Phi) is 11.7. The summed E-state index contributed by atoms with van der Waals surface area (Å²) in [4.78, 5) is 51.2. The first kappa shape index (κ1) is 37.1. The maximum absolute atomic E-state index is 12.6. The van der Waals surface area contributed by atoms with Crippen molar-refractivity contribution in [1.82, 2.24) is 40.2 Å². The number of aliphatic hydroxyl groups is 2. The number of carbonyl (C=O) groups excluding carboxylic acids is 1. The minimum atomic E-state index is -1.07. The van der Waals surface area contributed by atoms with E-state index in [1.54, 1.807) is 6.20 Å². The third kappa shape index (κ3) is 8.03. The average Bonchev–Trinajstić information content (AvgIpc) is 4.02. The number of carboxylic acid groups (broad SMARTS) is 1. The Morgan fingerprint density at radius 2 is 1.34 bits per heavy atom. The van der Waals surface area contributed by atoms with Gasteiger partial charge in [-0.15, -0.1) is 0 Å². The zero-order valence-corrected chi connectivity index (χ0v) is 29.5. The zero-order valence-electron chi connectivity index (χ0n) is 29.5. The highest BCUT2D eigenvalue weighted by Gasteiger charge is 2.30. The molecule has 18 heteroatoms. The second-order valence-electron chi connectivity index (χ2n) is 12.8. The summed E-state index contributed by atoms with van der Waals surface area (Å²) < 4.78 is 10.5. The predicted molar refractivity (Wildman–Crippen MR) is 192 cm³/mol. The number of anilines is 2. The molecule has 2 aliphatic heterocycles. The van der Waals surface area contributed by atoms with Gasteiger partial charge >= 0.3 is 5.97 Å². The Hall–Kier alpha value is -5.72. The number of aliphatic hydroxyl groups excluding tert-OH is 2. The van der Waals surface area contributed by atoms with E-state index in [2.05, 4.69) is 45.1 Å². The molecule has 2 aliphatic rings. The van der Waals surface area contributed by atoms with E-state index in [0.29, 0.717) is 49.5 Å². The van der Waals surface area contributed by atoms with Crippen LogP contribution in [0.3, 0.4) is 0 Å². The second kappa shape index (κ2) is 16.7. The lowest BCUT2D eigenvalue weighted by Crippen LogP contribution is -2.31. The molecule has 0 amide bonds. The number of rotatable bonds is 10. The van der Waals surface area contributed by atoms with E-state index >= 15 is 0 Å². The molecule has 8 heterocycles. The summed E-state index contributed by atoms with van der Waals surface area (Å²) in [5.41, 5.74) is 8.59. The van der Waals surface area contributed by atoms with Gasteiger partial charge in [-0.3, -0.25) is 4.79 Å². The van der Waals surface area contributed by atoms with E-state index in [4.69, 9.17) is 25.0 Å². The third-order valence-electron chi connectivity index (χ3n) is 9.45. The fourth-order valence-corrected chi connectivity index (χ4v) is 6.21. The molecular formula is C35H43N11O7. The molecule has 0 aliphatic carbocycles. The standard InChI is InChI=1S/C18H21N5O3.C13H11N5O3.C4H11NO/c1-2-11(9-24)7-14(25)16-13-8-23(6-4-15(13)26-22-16)18-12-3-5-19-17(12)20-10-21-18;19-13(20)10-8-5-18(4-2-9(8)21-17-10)12-7-1-3-14-11(7)15-6-16-12;1-2-4(5)3-6/h3,5,10-11,24H,2,4,6-9H2,1H3,(H,19,20,21);1,3,6H,2,4-5H2,(H,19,20)(H,14,15,16);4,6H,2-3,5H2,1H3. The number of ketones is 1. The van der Waals surface area contributed by atoms with Gasteiger partial charge in [-0.1, -0.05) is 30.6 Å². The van der Waals surface area contributed by atoms with Gasteiger partial charge in [0.1, 0.15) is 47.1 Å². The number of carboxylic acids is 1. The number of H-pyrrole nitrogens is 2. The molecule has 0 saturated heterocycles. The van der Waals surface area contributed by atoms with E-state index in [1.807, 2.05) is 37.1 Å². The Morgan fingerprint density at radius 1 is 0.811 bits per heavy atom. The molecule has 0 spiro atoms. The molecular weight excluding hydrogens is 686 g/mol. The van der Waals surface area contributed by atoms with Crippen LogP contribution in [0.2, 0.25) is 0 Å². The molecule has 7 N–H and O–H groups in total. The summed E-state index contributed by atoms with van der Waals surface area (Å²) in [6, 6.07) is 3.85. The first-order valence-electron chi connectivity index (χ1n) is 17.5. The van der Waals surface area contributed by atoms with E-state index in [9.17, 15) is 14.7 Å². The van der Waals surface area contributed by atoms with Crippen LogP contribution in [-0.4, -0.2) is 99.6 Å². The quantitative estimate of drug-likeness (QED) is 0.111. The molecule has 18 nitrogen and oxygen atoms in total. The van der Waals surface area contributed by atoms with Crippen molar-refractivity contribution >= 4 is 45.5 Å². The van der Waals surface area contributed by atoms with E-state index < -0.39 is 5.97 Å². The maximum atomic E-state index is 12.6. The van der Waals surface area contributed by atoms with Gasteiger partial charge in [0.2, 0.25) is 0 Å². The lowest BCUT2D eigenvalue weighted by atomic mass is 9.96. The molecule has 53 heavy (non-hydrogen) atoms. The number of nitrogens with two attached hydrogens (primary N) is 1. The summed E-state index contributed by atoms with van der Waals surface area (Å²) in [6.07, 6.45) is 9.84. The van der Waals surface area contributed by atoms with Gasteiger partial charge in [0.15, 0.2) is 17.2 Å². The van der Waals surface area contributed by atoms with Crippen LogP contribution in [0.4, 0.5) is 11.6 Å². The fraction of sp³-hybridized carbons (Fsp3) is 0.429. The van der Waals surface area contributed by atoms with E-state index in [-0.39, 0.29) is 43.1 Å². The Labute approximate surface area is 303 Å². The van der Waals surface area contributed by atoms with Crippen molar-refractivity contribution in [2.24, 2.45) is 11.7 Å². The predicted octanol–water partition coefficient (Wildman–Crippen LogP) is 3.02. The fourth-order valence-electron chi connectivity index (χ4n) is 6.21. The van der Waals surface area contributed by atoms with Crippen molar-refractivity contribution in [3.63, 3.8) is 0 Å². The molecule has 0 radical (unpaired) electrons. The largest absolute Gasteiger partial charge is 0.476 e. The normalized spacial score (nSPS) is 14.8. The zero-order chi connectivity index (χ0) is 37.5. The summed E-state index contributed by atoms with van der Waals surface area (Å²) in [6.45, 7) is 6.38.